The van der Waals surface area contributed by atoms with Gasteiger partial charge in [-0.25, -0.2) is 4.79 Å². The molecule has 0 radical (unpaired) electrons. The minimum Gasteiger partial charge on any atom is -0.453 e. The summed E-state index contributed by atoms with van der Waals surface area (Å²) >= 11 is 10.9. The Morgan fingerprint density at radius 1 is 1.50 bits per heavy atom. The van der Waals surface area contributed by atoms with Gasteiger partial charge in [0.25, 0.3) is 0 Å². The summed E-state index contributed by atoms with van der Waals surface area (Å²) < 4.78 is 4.41. The summed E-state index contributed by atoms with van der Waals surface area (Å²) in [7, 11) is 1.27. The maximum absolute atomic E-state index is 10.9. The van der Waals surface area contributed by atoms with Gasteiger partial charge in [0.2, 0.25) is 0 Å². The van der Waals surface area contributed by atoms with Crippen molar-refractivity contribution in [2.24, 2.45) is 0 Å². The van der Waals surface area contributed by atoms with Crippen LogP contribution in [-0.4, -0.2) is 18.3 Å². The molecule has 86 valence electrons. The molecule has 0 aromatic heterocycles. The third-order valence-electron chi connectivity index (χ3n) is 1.92. The van der Waals surface area contributed by atoms with Gasteiger partial charge in [-0.15, -0.1) is 0 Å². The van der Waals surface area contributed by atoms with Crippen molar-refractivity contribution in [3.8, 4) is 0 Å². The van der Waals surface area contributed by atoms with Gasteiger partial charge in [0, 0.05) is 10.7 Å². The first kappa shape index (κ1) is 12.7. The van der Waals surface area contributed by atoms with Crippen LogP contribution in [0.15, 0.2) is 18.2 Å². The van der Waals surface area contributed by atoms with E-state index in [9.17, 15) is 4.79 Å². The Balaban J connectivity index is 2.70. The van der Waals surface area contributed by atoms with Gasteiger partial charge < -0.3 is 10.1 Å². The first-order valence-corrected chi connectivity index (χ1v) is 5.24. The number of hydrogen-bond donors (Lipinski definition) is 2. The lowest BCUT2D eigenvalue weighted by Crippen LogP contribution is -2.34. The van der Waals surface area contributed by atoms with E-state index >= 15 is 0 Å². The van der Waals surface area contributed by atoms with Crippen LogP contribution >= 0.6 is 23.8 Å². The lowest BCUT2D eigenvalue weighted by atomic mass is 10.2. The Morgan fingerprint density at radius 2 is 2.19 bits per heavy atom. The van der Waals surface area contributed by atoms with Crippen LogP contribution in [0, 0.1) is 6.92 Å². The Bertz CT molecular complexity index is 423. The molecule has 0 aliphatic rings. The summed E-state index contributed by atoms with van der Waals surface area (Å²) in [5, 5.41) is 5.99. The second kappa shape index (κ2) is 5.67. The van der Waals surface area contributed by atoms with Crippen LogP contribution in [-0.2, 0) is 4.74 Å². The van der Waals surface area contributed by atoms with Gasteiger partial charge in [0.1, 0.15) is 0 Å². The van der Waals surface area contributed by atoms with Crippen molar-refractivity contribution in [2.45, 2.75) is 6.92 Å². The van der Waals surface area contributed by atoms with Crippen LogP contribution < -0.4 is 10.6 Å². The summed E-state index contributed by atoms with van der Waals surface area (Å²) in [6.07, 6.45) is -0.614. The molecule has 16 heavy (non-hydrogen) atoms. The van der Waals surface area contributed by atoms with E-state index < -0.39 is 6.09 Å². The highest BCUT2D eigenvalue weighted by Crippen LogP contribution is 2.22. The molecule has 1 aromatic rings. The van der Waals surface area contributed by atoms with Crippen molar-refractivity contribution in [3.05, 3.63) is 28.8 Å². The van der Waals surface area contributed by atoms with Gasteiger partial charge in [0.05, 0.1) is 7.11 Å². The van der Waals surface area contributed by atoms with E-state index in [1.54, 1.807) is 12.1 Å². The van der Waals surface area contributed by atoms with E-state index in [2.05, 4.69) is 15.4 Å². The molecule has 0 fully saturated rings. The summed E-state index contributed by atoms with van der Waals surface area (Å²) in [4.78, 5) is 10.9. The Morgan fingerprint density at radius 3 is 2.81 bits per heavy atom. The fraction of sp³-hybridized carbons (Fsp3) is 0.200. The van der Waals surface area contributed by atoms with Crippen molar-refractivity contribution in [2.75, 3.05) is 12.4 Å². The maximum Gasteiger partial charge on any atom is 0.413 e. The highest BCUT2D eigenvalue weighted by atomic mass is 35.5. The maximum atomic E-state index is 10.9. The molecule has 0 aliphatic carbocycles. The summed E-state index contributed by atoms with van der Waals surface area (Å²) in [5.74, 6) is 0. The zero-order valence-corrected chi connectivity index (χ0v) is 10.4. The molecular weight excluding hydrogens is 248 g/mol. The van der Waals surface area contributed by atoms with Crippen LogP contribution in [0.3, 0.4) is 0 Å². The molecule has 0 aliphatic heterocycles. The lowest BCUT2D eigenvalue weighted by Gasteiger charge is -2.11. The third kappa shape index (κ3) is 3.36. The molecule has 0 bridgehead atoms. The molecule has 0 saturated heterocycles. The van der Waals surface area contributed by atoms with Gasteiger partial charge in [-0.05, 0) is 36.8 Å². The number of alkyl carbamates (subject to hydrolysis) is 1. The minimum atomic E-state index is -0.614. The van der Waals surface area contributed by atoms with Crippen molar-refractivity contribution >= 4 is 40.7 Å². The molecule has 1 amide bonds. The minimum absolute atomic E-state index is 0.164. The van der Waals surface area contributed by atoms with Crippen LogP contribution in [0.4, 0.5) is 10.5 Å². The number of halogens is 1. The van der Waals surface area contributed by atoms with Gasteiger partial charge in [-0.1, -0.05) is 17.7 Å². The SMILES string of the molecule is COC(=O)NC(=S)Nc1cccc(Cl)c1C. The number of benzene rings is 1. The topological polar surface area (TPSA) is 50.4 Å². The van der Waals surface area contributed by atoms with E-state index in [0.717, 1.165) is 11.3 Å². The van der Waals surface area contributed by atoms with Crippen LogP contribution in [0.2, 0.25) is 5.02 Å². The molecular formula is C10H11ClN2O2S. The van der Waals surface area contributed by atoms with Crippen molar-refractivity contribution in [1.29, 1.82) is 0 Å². The third-order valence-corrected chi connectivity index (χ3v) is 2.53. The van der Waals surface area contributed by atoms with Gasteiger partial charge in [-0.3, -0.25) is 5.32 Å². The molecule has 0 heterocycles. The van der Waals surface area contributed by atoms with Gasteiger partial charge in [-0.2, -0.15) is 0 Å². The second-order valence-corrected chi connectivity index (χ2v) is 3.80. The van der Waals surface area contributed by atoms with Crippen molar-refractivity contribution in [3.63, 3.8) is 0 Å². The zero-order chi connectivity index (χ0) is 12.1. The van der Waals surface area contributed by atoms with E-state index in [1.165, 1.54) is 7.11 Å². The number of thiocarbonyl (C=S) groups is 1. The van der Waals surface area contributed by atoms with E-state index in [4.69, 9.17) is 23.8 Å². The van der Waals surface area contributed by atoms with Crippen molar-refractivity contribution < 1.29 is 9.53 Å². The average molecular weight is 259 g/mol. The van der Waals surface area contributed by atoms with E-state index in [1.807, 2.05) is 13.0 Å². The predicted molar refractivity (Wildman–Crippen MR) is 68.0 cm³/mol. The fourth-order valence-corrected chi connectivity index (χ4v) is 1.41. The number of carbonyl (C=O) groups excluding carboxylic acids is 1. The monoisotopic (exact) mass is 258 g/mol. The fourth-order valence-electron chi connectivity index (χ4n) is 1.04. The molecule has 2 N–H and O–H groups in total. The van der Waals surface area contributed by atoms with E-state index in [-0.39, 0.29) is 5.11 Å². The second-order valence-electron chi connectivity index (χ2n) is 2.98. The number of ether oxygens (including phenoxy) is 1. The van der Waals surface area contributed by atoms with Crippen molar-refractivity contribution in [1.82, 2.24) is 5.32 Å². The Kier molecular flexibility index (Phi) is 4.52. The summed E-state index contributed by atoms with van der Waals surface area (Å²) in [5.41, 5.74) is 1.60. The van der Waals surface area contributed by atoms with Crippen LogP contribution in [0.25, 0.3) is 0 Å². The average Bonchev–Trinajstić information content (AvgIpc) is 2.24. The van der Waals surface area contributed by atoms with E-state index in [0.29, 0.717) is 5.02 Å². The molecule has 4 nitrogen and oxygen atoms in total. The van der Waals surface area contributed by atoms with Gasteiger partial charge in [0.15, 0.2) is 5.11 Å². The smallest absolute Gasteiger partial charge is 0.413 e. The number of hydrogen-bond acceptors (Lipinski definition) is 3. The quantitative estimate of drug-likeness (QED) is 0.761. The Hall–Kier alpha value is -1.33. The molecule has 1 aromatic carbocycles. The first-order valence-electron chi connectivity index (χ1n) is 4.45. The summed E-state index contributed by atoms with van der Waals surface area (Å²) in [6, 6.07) is 5.38. The van der Waals surface area contributed by atoms with Crippen LogP contribution in [0.5, 0.6) is 0 Å². The number of carbonyl (C=O) groups is 1. The molecule has 6 heteroatoms. The van der Waals surface area contributed by atoms with Crippen LogP contribution in [0.1, 0.15) is 5.56 Å². The molecule has 1 rings (SSSR count). The molecule has 0 unspecified atom stereocenters. The highest BCUT2D eigenvalue weighted by molar-refractivity contribution is 7.80. The van der Waals surface area contributed by atoms with Gasteiger partial charge >= 0.3 is 6.09 Å². The highest BCUT2D eigenvalue weighted by Gasteiger charge is 2.06. The lowest BCUT2D eigenvalue weighted by molar-refractivity contribution is 0.177. The standard InChI is InChI=1S/C10H11ClN2O2S/c1-6-7(11)4-3-5-8(6)12-9(16)13-10(14)15-2/h3-5H,1-2H3,(H2,12,13,14,16). The number of rotatable bonds is 1. The molecule has 0 atom stereocenters. The molecule has 0 spiro atoms. The number of amides is 1. The zero-order valence-electron chi connectivity index (χ0n) is 8.83. The normalized spacial score (nSPS) is 9.44. The summed E-state index contributed by atoms with van der Waals surface area (Å²) in [6.45, 7) is 1.85. The number of methoxy groups -OCH3 is 1. The predicted octanol–water partition coefficient (Wildman–Crippen LogP) is 2.70. The largest absolute Gasteiger partial charge is 0.453 e. The Labute approximate surface area is 104 Å². The number of nitrogens with one attached hydrogen (secondary N) is 2. The first-order chi connectivity index (χ1) is 7.54. The molecule has 0 saturated carbocycles. The number of anilines is 1.